The van der Waals surface area contributed by atoms with Gasteiger partial charge in [0.05, 0.1) is 28.0 Å². The molecule has 0 unspecified atom stereocenters. The highest BCUT2D eigenvalue weighted by Gasteiger charge is 2.36. The summed E-state index contributed by atoms with van der Waals surface area (Å²) >= 11 is 0. The van der Waals surface area contributed by atoms with Gasteiger partial charge in [-0.05, 0) is 43.7 Å². The number of Topliss-reactive ketones (excluding diaryl/α,β-unsaturated/α-hetero) is 1. The molecule has 5 rings (SSSR count). The maximum Gasteiger partial charge on any atom is 0.272 e. The van der Waals surface area contributed by atoms with Gasteiger partial charge in [-0.2, -0.15) is 0 Å². The van der Waals surface area contributed by atoms with Crippen molar-refractivity contribution in [1.29, 1.82) is 0 Å². The Labute approximate surface area is 198 Å². The predicted molar refractivity (Wildman–Crippen MR) is 133 cm³/mol. The number of aromatic nitrogens is 3. The van der Waals surface area contributed by atoms with E-state index < -0.39 is 22.8 Å². The smallest absolute Gasteiger partial charge is 0.272 e. The van der Waals surface area contributed by atoms with Gasteiger partial charge in [-0.1, -0.05) is 24.3 Å². The van der Waals surface area contributed by atoms with Crippen LogP contribution < -0.4 is 16.0 Å². The number of carbonyl (C=O) groups excluding carboxylic acids is 2. The van der Waals surface area contributed by atoms with E-state index in [4.69, 9.17) is 0 Å². The number of aromatic amines is 2. The number of H-pyrrole nitrogens is 2. The van der Waals surface area contributed by atoms with Crippen molar-refractivity contribution in [3.05, 3.63) is 85.9 Å². The number of hydrogen-bond donors (Lipinski definition) is 3. The number of anilines is 1. The third kappa shape index (κ3) is 3.08. The lowest BCUT2D eigenvalue weighted by molar-refractivity contribution is -0.114. The Morgan fingerprint density at radius 1 is 0.971 bits per heavy atom. The Bertz CT molecular complexity index is 1700. The van der Waals surface area contributed by atoms with Crippen molar-refractivity contribution >= 4 is 33.9 Å². The summed E-state index contributed by atoms with van der Waals surface area (Å²) in [7, 11) is 1.55. The molecule has 176 valence electrons. The van der Waals surface area contributed by atoms with Crippen molar-refractivity contribution in [3.63, 3.8) is 0 Å². The second-order valence-corrected chi connectivity index (χ2v) is 8.33. The van der Waals surface area contributed by atoms with Crippen LogP contribution in [0, 0.1) is 0 Å². The molecule has 3 N–H and O–H groups in total. The standard InChI is InChI=1S/C26H22N4O5/c1-4-30-17-12-8-6-10-15(17)23(32)20(26(30)35)21-18(24(33)28-27-21)13(2)19-22(31)14-9-5-7-11-16(14)29(3)25(19)34/h5-12,32H,4H2,1-3H3,(H2,27,28,33)/b19-13+. The van der Waals surface area contributed by atoms with Crippen LogP contribution in [0.25, 0.3) is 27.7 Å². The number of aryl methyl sites for hydroxylation is 1. The molecule has 9 nitrogen and oxygen atoms in total. The zero-order valence-electron chi connectivity index (χ0n) is 19.3. The highest BCUT2D eigenvalue weighted by atomic mass is 16.3. The van der Waals surface area contributed by atoms with Gasteiger partial charge in [0, 0.05) is 24.5 Å². The lowest BCUT2D eigenvalue weighted by Gasteiger charge is -2.27. The average Bonchev–Trinajstić information content (AvgIpc) is 3.24. The van der Waals surface area contributed by atoms with E-state index in [1.165, 1.54) is 16.4 Å². The number of pyridine rings is 1. The van der Waals surface area contributed by atoms with Gasteiger partial charge in [-0.25, -0.2) is 0 Å². The molecule has 0 aliphatic carbocycles. The Balaban J connectivity index is 1.82. The number of fused-ring (bicyclic) bond motifs is 2. The summed E-state index contributed by atoms with van der Waals surface area (Å²) in [5.74, 6) is -1.37. The quantitative estimate of drug-likeness (QED) is 0.313. The lowest BCUT2D eigenvalue weighted by atomic mass is 9.89. The molecule has 0 bridgehead atoms. The summed E-state index contributed by atoms with van der Waals surface area (Å²) in [6, 6.07) is 13.6. The minimum Gasteiger partial charge on any atom is -0.506 e. The monoisotopic (exact) mass is 470 g/mol. The number of hydrogen-bond acceptors (Lipinski definition) is 5. The highest BCUT2D eigenvalue weighted by molar-refractivity contribution is 6.37. The van der Waals surface area contributed by atoms with Gasteiger partial charge < -0.3 is 14.6 Å². The van der Waals surface area contributed by atoms with Crippen LogP contribution in [0.3, 0.4) is 0 Å². The Hall–Kier alpha value is -4.66. The molecule has 0 fully saturated rings. The van der Waals surface area contributed by atoms with Crippen LogP contribution >= 0.6 is 0 Å². The predicted octanol–water partition coefficient (Wildman–Crippen LogP) is 3.04. The number of amides is 1. The minimum atomic E-state index is -0.623. The second-order valence-electron chi connectivity index (χ2n) is 8.33. The van der Waals surface area contributed by atoms with E-state index in [2.05, 4.69) is 10.2 Å². The molecule has 9 heteroatoms. The molecule has 1 aliphatic heterocycles. The van der Waals surface area contributed by atoms with Crippen LogP contribution in [0.5, 0.6) is 5.75 Å². The van der Waals surface area contributed by atoms with Gasteiger partial charge in [0.2, 0.25) is 5.78 Å². The molecule has 0 atom stereocenters. The second kappa shape index (κ2) is 7.98. The van der Waals surface area contributed by atoms with Gasteiger partial charge in [0.25, 0.3) is 17.0 Å². The molecular weight excluding hydrogens is 448 g/mol. The Kier molecular flexibility index (Phi) is 5.05. The first kappa shape index (κ1) is 22.1. The molecule has 1 aliphatic rings. The molecule has 4 aromatic rings. The lowest BCUT2D eigenvalue weighted by Crippen LogP contribution is -2.37. The van der Waals surface area contributed by atoms with Crippen molar-refractivity contribution in [2.75, 3.05) is 11.9 Å². The third-order valence-corrected chi connectivity index (χ3v) is 6.50. The zero-order chi connectivity index (χ0) is 25.0. The fourth-order valence-corrected chi connectivity index (χ4v) is 4.75. The highest BCUT2D eigenvalue weighted by Crippen LogP contribution is 2.37. The molecule has 0 radical (unpaired) electrons. The molecule has 0 saturated heterocycles. The zero-order valence-corrected chi connectivity index (χ0v) is 19.3. The molecule has 3 heterocycles. The molecule has 2 aromatic heterocycles. The summed E-state index contributed by atoms with van der Waals surface area (Å²) in [4.78, 5) is 54.3. The van der Waals surface area contributed by atoms with Crippen molar-refractivity contribution in [2.45, 2.75) is 20.4 Å². The first-order valence-corrected chi connectivity index (χ1v) is 11.1. The van der Waals surface area contributed by atoms with E-state index in [9.17, 15) is 24.3 Å². The summed E-state index contributed by atoms with van der Waals surface area (Å²) in [6.45, 7) is 3.62. The van der Waals surface area contributed by atoms with E-state index in [0.29, 0.717) is 28.7 Å². The van der Waals surface area contributed by atoms with Crippen molar-refractivity contribution < 1.29 is 14.7 Å². The van der Waals surface area contributed by atoms with Crippen LogP contribution in [0.2, 0.25) is 0 Å². The average molecular weight is 470 g/mol. The first-order chi connectivity index (χ1) is 16.8. The van der Waals surface area contributed by atoms with Gasteiger partial charge in [0.1, 0.15) is 11.3 Å². The van der Waals surface area contributed by atoms with Gasteiger partial charge in [0.15, 0.2) is 0 Å². The first-order valence-electron chi connectivity index (χ1n) is 11.1. The van der Waals surface area contributed by atoms with Crippen molar-refractivity contribution in [2.24, 2.45) is 0 Å². The number of likely N-dealkylation sites (N-methyl/N-ethyl adjacent to an activating group) is 1. The number of nitrogens with zero attached hydrogens (tertiary/aromatic N) is 2. The Morgan fingerprint density at radius 3 is 2.40 bits per heavy atom. The summed E-state index contributed by atoms with van der Waals surface area (Å²) in [5, 5.41) is 16.7. The number of ketones is 1. The fraction of sp³-hybridized carbons (Fsp3) is 0.154. The van der Waals surface area contributed by atoms with Gasteiger partial charge in [-0.3, -0.25) is 29.4 Å². The van der Waals surface area contributed by atoms with E-state index >= 15 is 0 Å². The number of carbonyl (C=O) groups is 2. The molecule has 35 heavy (non-hydrogen) atoms. The largest absolute Gasteiger partial charge is 0.506 e. The van der Waals surface area contributed by atoms with Gasteiger partial charge >= 0.3 is 0 Å². The maximum absolute atomic E-state index is 13.4. The summed E-state index contributed by atoms with van der Waals surface area (Å²) < 4.78 is 1.49. The minimum absolute atomic E-state index is 0.0116. The topological polar surface area (TPSA) is 128 Å². The van der Waals surface area contributed by atoms with Gasteiger partial charge in [-0.15, -0.1) is 0 Å². The van der Waals surface area contributed by atoms with Crippen LogP contribution in [-0.4, -0.2) is 38.6 Å². The molecule has 0 spiro atoms. The molecule has 2 aromatic carbocycles. The number of nitrogens with one attached hydrogen (secondary N) is 2. The van der Waals surface area contributed by atoms with Crippen LogP contribution in [0.15, 0.2) is 63.7 Å². The number of rotatable bonds is 3. The normalized spacial score (nSPS) is 15.0. The van der Waals surface area contributed by atoms with Crippen molar-refractivity contribution in [3.8, 4) is 17.0 Å². The number of para-hydroxylation sites is 2. The van der Waals surface area contributed by atoms with Crippen LogP contribution in [0.1, 0.15) is 29.8 Å². The van der Waals surface area contributed by atoms with E-state index in [1.807, 2.05) is 0 Å². The number of benzene rings is 2. The third-order valence-electron chi connectivity index (χ3n) is 6.50. The molecule has 0 saturated carbocycles. The van der Waals surface area contributed by atoms with E-state index in [-0.39, 0.29) is 33.7 Å². The maximum atomic E-state index is 13.4. The number of aromatic hydroxyl groups is 1. The van der Waals surface area contributed by atoms with Crippen LogP contribution in [-0.2, 0) is 11.3 Å². The van der Waals surface area contributed by atoms with E-state index in [1.54, 1.807) is 62.5 Å². The van der Waals surface area contributed by atoms with Crippen LogP contribution in [0.4, 0.5) is 5.69 Å². The fourth-order valence-electron chi connectivity index (χ4n) is 4.75. The Morgan fingerprint density at radius 2 is 1.66 bits per heavy atom. The SMILES string of the molecule is CCn1c(=O)c(-c2[nH][nH]c(=O)c2/C(C)=C2\C(=O)c3ccccc3N(C)C2=O)c(O)c2ccccc21. The van der Waals surface area contributed by atoms with E-state index in [0.717, 1.165) is 0 Å². The van der Waals surface area contributed by atoms with Crippen molar-refractivity contribution in [1.82, 2.24) is 14.8 Å². The molecule has 1 amide bonds. The summed E-state index contributed by atoms with van der Waals surface area (Å²) in [6.07, 6.45) is 0. The molecular formula is C26H22N4O5. The summed E-state index contributed by atoms with van der Waals surface area (Å²) in [5.41, 5.74) is -0.0154. The number of allylic oxidation sites excluding steroid dienone is 1.